The molecule has 1 amide bonds. The molecule has 9 heteroatoms. The molecule has 9 nitrogen and oxygen atoms in total. The zero-order valence-corrected chi connectivity index (χ0v) is 25.1. The molecule has 5 rings (SSSR count). The number of aliphatic carboxylic acids is 1. The Kier molecular flexibility index (Phi) is 10.8. The first kappa shape index (κ1) is 31.8. The number of carboxylic acid groups (broad SMARTS) is 1. The number of rotatable bonds is 12. The fourth-order valence-corrected chi connectivity index (χ4v) is 6.02. The van der Waals surface area contributed by atoms with E-state index in [1.54, 1.807) is 0 Å². The fourth-order valence-electron chi connectivity index (χ4n) is 6.02. The van der Waals surface area contributed by atoms with Crippen LogP contribution in [-0.2, 0) is 32.2 Å². The minimum atomic E-state index is -0.903. The number of β-amino-alcohol motifs (C(OH)–C–C–N with tert-alkyl or cyclic N) is 1. The summed E-state index contributed by atoms with van der Waals surface area (Å²) in [5.74, 6) is -1.01. The van der Waals surface area contributed by atoms with Crippen molar-refractivity contribution in [2.45, 2.75) is 70.4 Å². The quantitative estimate of drug-likeness (QED) is 0.237. The van der Waals surface area contributed by atoms with Gasteiger partial charge in [-0.2, -0.15) is 0 Å². The molecule has 3 aromatic carbocycles. The van der Waals surface area contributed by atoms with Gasteiger partial charge >= 0.3 is 5.97 Å². The lowest BCUT2D eigenvalue weighted by atomic mass is 9.90. The molecule has 5 atom stereocenters. The molecular formula is C35H42N2O7. The third-order valence-corrected chi connectivity index (χ3v) is 8.59. The Morgan fingerprint density at radius 3 is 2.36 bits per heavy atom. The van der Waals surface area contributed by atoms with Crippen LogP contribution in [0.3, 0.4) is 0 Å². The largest absolute Gasteiger partial charge is 0.481 e. The second-order valence-electron chi connectivity index (χ2n) is 11.8. The highest BCUT2D eigenvalue weighted by Crippen LogP contribution is 2.42. The van der Waals surface area contributed by atoms with Gasteiger partial charge < -0.3 is 30.1 Å². The van der Waals surface area contributed by atoms with Crippen LogP contribution in [0.1, 0.15) is 67.3 Å². The number of carbonyl (C=O) groups excluding carboxylic acids is 1. The Balaban J connectivity index is 1.31. The number of likely N-dealkylation sites (tertiary alicyclic amines) is 1. The Morgan fingerprint density at radius 1 is 0.955 bits per heavy atom. The summed E-state index contributed by atoms with van der Waals surface area (Å²) in [5.41, 5.74) is 5.73. The van der Waals surface area contributed by atoms with Crippen LogP contribution in [0.5, 0.6) is 0 Å². The summed E-state index contributed by atoms with van der Waals surface area (Å²) in [4.78, 5) is 25.2. The molecular weight excluding hydrogens is 560 g/mol. The van der Waals surface area contributed by atoms with E-state index < -0.39 is 12.3 Å². The van der Waals surface area contributed by atoms with Crippen LogP contribution in [0.4, 0.5) is 0 Å². The highest BCUT2D eigenvalue weighted by atomic mass is 16.7. The number of benzene rings is 3. The predicted molar refractivity (Wildman–Crippen MR) is 165 cm³/mol. The molecule has 0 saturated carbocycles. The van der Waals surface area contributed by atoms with Gasteiger partial charge in [0.2, 0.25) is 5.91 Å². The number of amides is 1. The van der Waals surface area contributed by atoms with E-state index in [9.17, 15) is 19.8 Å². The van der Waals surface area contributed by atoms with Crippen LogP contribution in [0.15, 0.2) is 72.8 Å². The molecule has 2 heterocycles. The van der Waals surface area contributed by atoms with E-state index in [0.29, 0.717) is 26.1 Å². The highest BCUT2D eigenvalue weighted by Gasteiger charge is 2.39. The topological polar surface area (TPSA) is 129 Å². The van der Waals surface area contributed by atoms with E-state index in [4.69, 9.17) is 14.6 Å². The van der Waals surface area contributed by atoms with Crippen LogP contribution < -0.4 is 5.32 Å². The molecule has 2 aliphatic heterocycles. The number of carboxylic acids is 1. The maximum absolute atomic E-state index is 12.2. The summed E-state index contributed by atoms with van der Waals surface area (Å²) < 4.78 is 13.2. The minimum absolute atomic E-state index is 0.0123. The second-order valence-corrected chi connectivity index (χ2v) is 11.8. The van der Waals surface area contributed by atoms with Crippen molar-refractivity contribution >= 4 is 11.9 Å². The number of hydrogen-bond donors (Lipinski definition) is 4. The predicted octanol–water partition coefficient (Wildman–Crippen LogP) is 4.58. The van der Waals surface area contributed by atoms with Crippen LogP contribution in [-0.4, -0.2) is 63.9 Å². The molecule has 0 aromatic heterocycles. The average Bonchev–Trinajstić information content (AvgIpc) is 3.45. The number of hydrogen-bond acceptors (Lipinski definition) is 7. The highest BCUT2D eigenvalue weighted by molar-refractivity contribution is 5.77. The van der Waals surface area contributed by atoms with Crippen LogP contribution in [0.25, 0.3) is 11.1 Å². The first-order valence-electron chi connectivity index (χ1n) is 15.4. The van der Waals surface area contributed by atoms with Crippen LogP contribution >= 0.6 is 0 Å². The van der Waals surface area contributed by atoms with Gasteiger partial charge in [0.15, 0.2) is 6.29 Å². The van der Waals surface area contributed by atoms with Gasteiger partial charge in [-0.05, 0) is 40.7 Å². The van der Waals surface area contributed by atoms with Crippen molar-refractivity contribution < 1.29 is 34.4 Å². The van der Waals surface area contributed by atoms with Crippen molar-refractivity contribution in [2.24, 2.45) is 5.92 Å². The zero-order chi connectivity index (χ0) is 31.1. The number of aliphatic hydroxyl groups excluding tert-OH is 2. The van der Waals surface area contributed by atoms with Gasteiger partial charge in [-0.1, -0.05) is 79.7 Å². The van der Waals surface area contributed by atoms with Gasteiger partial charge in [-0.3, -0.25) is 14.5 Å². The average molecular weight is 603 g/mol. The van der Waals surface area contributed by atoms with Crippen molar-refractivity contribution in [1.29, 1.82) is 0 Å². The van der Waals surface area contributed by atoms with E-state index in [1.807, 2.05) is 72.8 Å². The van der Waals surface area contributed by atoms with Crippen molar-refractivity contribution in [1.82, 2.24) is 10.2 Å². The van der Waals surface area contributed by atoms with Crippen molar-refractivity contribution in [3.8, 4) is 11.1 Å². The fraction of sp³-hybridized carbons (Fsp3) is 0.429. The normalized spacial score (nSPS) is 23.8. The zero-order valence-electron chi connectivity index (χ0n) is 25.1. The third kappa shape index (κ3) is 8.11. The lowest BCUT2D eigenvalue weighted by molar-refractivity contribution is -0.276. The molecule has 3 aromatic rings. The van der Waals surface area contributed by atoms with E-state index in [0.717, 1.165) is 46.3 Å². The molecule has 5 unspecified atom stereocenters. The lowest BCUT2D eigenvalue weighted by Gasteiger charge is -2.42. The Labute approximate surface area is 258 Å². The number of aliphatic hydroxyl groups is 2. The smallest absolute Gasteiger partial charge is 0.303 e. The second kappa shape index (κ2) is 14.9. The van der Waals surface area contributed by atoms with E-state index >= 15 is 0 Å². The van der Waals surface area contributed by atoms with E-state index in [2.05, 4.69) is 17.1 Å². The van der Waals surface area contributed by atoms with Gasteiger partial charge in [0.1, 0.15) is 0 Å². The molecule has 0 spiro atoms. The Morgan fingerprint density at radius 2 is 1.68 bits per heavy atom. The molecule has 2 aliphatic rings. The lowest BCUT2D eigenvalue weighted by Crippen LogP contribution is -2.44. The van der Waals surface area contributed by atoms with Gasteiger partial charge in [-0.25, -0.2) is 0 Å². The molecule has 234 valence electrons. The molecule has 0 radical (unpaired) electrons. The molecule has 4 N–H and O–H groups in total. The van der Waals surface area contributed by atoms with Gasteiger partial charge in [-0.15, -0.1) is 0 Å². The summed E-state index contributed by atoms with van der Waals surface area (Å²) in [5, 5.41) is 31.3. The first-order chi connectivity index (χ1) is 21.3. The minimum Gasteiger partial charge on any atom is -0.481 e. The number of carbonyl (C=O) groups is 2. The SMILES string of the molecule is CC1C(CN2CCC(O)C2)OC(c2ccc(-c3ccccc3CNC(=O)CCCC(=O)O)cc2)OC1c1ccc(CO)cc1. The number of ether oxygens (including phenoxy) is 2. The summed E-state index contributed by atoms with van der Waals surface area (Å²) >= 11 is 0. The van der Waals surface area contributed by atoms with Crippen molar-refractivity contribution in [3.05, 3.63) is 95.1 Å². The molecule has 0 aliphatic carbocycles. The molecule has 2 saturated heterocycles. The van der Waals surface area contributed by atoms with Crippen molar-refractivity contribution in [3.63, 3.8) is 0 Å². The first-order valence-corrected chi connectivity index (χ1v) is 15.4. The summed E-state index contributed by atoms with van der Waals surface area (Å²) in [7, 11) is 0. The van der Waals surface area contributed by atoms with Gasteiger partial charge in [0.05, 0.1) is 24.9 Å². The number of nitrogens with one attached hydrogen (secondary N) is 1. The molecule has 44 heavy (non-hydrogen) atoms. The van der Waals surface area contributed by atoms with Gasteiger partial charge in [0.25, 0.3) is 0 Å². The van der Waals surface area contributed by atoms with E-state index in [-0.39, 0.29) is 49.6 Å². The van der Waals surface area contributed by atoms with Crippen LogP contribution in [0.2, 0.25) is 0 Å². The molecule has 0 bridgehead atoms. The van der Waals surface area contributed by atoms with E-state index in [1.165, 1.54) is 0 Å². The third-order valence-electron chi connectivity index (χ3n) is 8.59. The summed E-state index contributed by atoms with van der Waals surface area (Å²) in [6, 6.07) is 23.8. The van der Waals surface area contributed by atoms with Crippen LogP contribution in [0, 0.1) is 5.92 Å². The Hall–Kier alpha value is -3.60. The van der Waals surface area contributed by atoms with Gasteiger partial charge in [0, 0.05) is 50.5 Å². The maximum Gasteiger partial charge on any atom is 0.303 e. The monoisotopic (exact) mass is 602 g/mol. The Bertz CT molecular complexity index is 1390. The number of nitrogens with zero attached hydrogens (tertiary/aromatic N) is 1. The summed E-state index contributed by atoms with van der Waals surface area (Å²) in [6.07, 6.45) is 0.0233. The summed E-state index contributed by atoms with van der Waals surface area (Å²) in [6.45, 7) is 4.67. The van der Waals surface area contributed by atoms with Crippen molar-refractivity contribution in [2.75, 3.05) is 19.6 Å². The standard InChI is InChI=1S/C35H42N2O7/c1-23-31(21-37-18-17-29(39)20-37)43-35(44-34(23)26-11-9-24(22-38)10-12-26)27-15-13-25(14-16-27)30-6-3-2-5-28(30)19-36-32(40)7-4-8-33(41)42/h2-3,5-6,9-16,23,29,31,34-35,38-39H,4,7-8,17-22H2,1H3,(H,36,40)(H,41,42). The maximum atomic E-state index is 12.2. The molecule has 2 fully saturated rings.